The summed E-state index contributed by atoms with van der Waals surface area (Å²) >= 11 is 0. The Labute approximate surface area is 118 Å². The highest BCUT2D eigenvalue weighted by Crippen LogP contribution is 2.29. The normalized spacial score (nSPS) is 12.2. The molecule has 20 heavy (non-hydrogen) atoms. The summed E-state index contributed by atoms with van der Waals surface area (Å²) < 4.78 is 19.1. The summed E-state index contributed by atoms with van der Waals surface area (Å²) in [5.41, 5.74) is 7.83. The van der Waals surface area contributed by atoms with Crippen molar-refractivity contribution in [3.05, 3.63) is 59.7 Å². The number of hydrogen-bond donors (Lipinski definition) is 1. The van der Waals surface area contributed by atoms with Crippen molar-refractivity contribution in [3.8, 4) is 5.75 Å². The molecule has 1 atom stereocenters. The van der Waals surface area contributed by atoms with Gasteiger partial charge in [-0.25, -0.2) is 4.39 Å². The molecule has 1 unspecified atom stereocenters. The molecule has 0 aliphatic rings. The third kappa shape index (κ3) is 3.54. The van der Waals surface area contributed by atoms with Crippen molar-refractivity contribution >= 4 is 0 Å². The number of halogens is 1. The number of aromatic nitrogens is 1. The van der Waals surface area contributed by atoms with Gasteiger partial charge in [0.05, 0.1) is 6.61 Å². The SMILES string of the molecule is CCOc1ccc(F)cc1C(CN)Cc1ccncc1. The fourth-order valence-electron chi connectivity index (χ4n) is 2.25. The number of benzene rings is 1. The smallest absolute Gasteiger partial charge is 0.123 e. The lowest BCUT2D eigenvalue weighted by Gasteiger charge is -2.19. The highest BCUT2D eigenvalue weighted by molar-refractivity contribution is 5.38. The molecule has 106 valence electrons. The molecular weight excluding hydrogens is 255 g/mol. The number of ether oxygens (including phenoxy) is 1. The van der Waals surface area contributed by atoms with Crippen LogP contribution in [0.15, 0.2) is 42.7 Å². The molecule has 0 aliphatic heterocycles. The Morgan fingerprint density at radius 3 is 2.65 bits per heavy atom. The lowest BCUT2D eigenvalue weighted by Crippen LogP contribution is -2.16. The zero-order chi connectivity index (χ0) is 14.4. The monoisotopic (exact) mass is 274 g/mol. The van der Waals surface area contributed by atoms with Crippen LogP contribution in [0.3, 0.4) is 0 Å². The largest absolute Gasteiger partial charge is 0.494 e. The summed E-state index contributed by atoms with van der Waals surface area (Å²) in [5, 5.41) is 0. The van der Waals surface area contributed by atoms with Crippen LogP contribution in [0.25, 0.3) is 0 Å². The van der Waals surface area contributed by atoms with Crippen molar-refractivity contribution in [2.45, 2.75) is 19.3 Å². The second kappa shape index (κ2) is 7.01. The van der Waals surface area contributed by atoms with Gasteiger partial charge >= 0.3 is 0 Å². The summed E-state index contributed by atoms with van der Waals surface area (Å²) in [7, 11) is 0. The molecule has 2 N–H and O–H groups in total. The average Bonchev–Trinajstić information content (AvgIpc) is 2.48. The van der Waals surface area contributed by atoms with Gasteiger partial charge in [0.15, 0.2) is 0 Å². The van der Waals surface area contributed by atoms with E-state index in [1.807, 2.05) is 19.1 Å². The van der Waals surface area contributed by atoms with Crippen molar-refractivity contribution in [2.24, 2.45) is 5.73 Å². The van der Waals surface area contributed by atoms with Gasteiger partial charge in [0.2, 0.25) is 0 Å². The lowest BCUT2D eigenvalue weighted by atomic mass is 9.91. The van der Waals surface area contributed by atoms with Crippen LogP contribution in [-0.4, -0.2) is 18.1 Å². The van der Waals surface area contributed by atoms with Crippen molar-refractivity contribution in [1.82, 2.24) is 4.98 Å². The van der Waals surface area contributed by atoms with Crippen LogP contribution < -0.4 is 10.5 Å². The first-order chi connectivity index (χ1) is 9.74. The van der Waals surface area contributed by atoms with Gasteiger partial charge in [-0.15, -0.1) is 0 Å². The van der Waals surface area contributed by atoms with E-state index in [9.17, 15) is 4.39 Å². The van der Waals surface area contributed by atoms with Crippen molar-refractivity contribution in [3.63, 3.8) is 0 Å². The van der Waals surface area contributed by atoms with Crippen LogP contribution in [0.4, 0.5) is 4.39 Å². The van der Waals surface area contributed by atoms with E-state index in [1.165, 1.54) is 12.1 Å². The van der Waals surface area contributed by atoms with Crippen LogP contribution in [0, 0.1) is 5.82 Å². The molecule has 0 amide bonds. The summed E-state index contributed by atoms with van der Waals surface area (Å²) in [6.07, 6.45) is 4.23. The molecule has 0 aliphatic carbocycles. The van der Waals surface area contributed by atoms with Gasteiger partial charge in [0.25, 0.3) is 0 Å². The number of nitrogens with two attached hydrogens (primary N) is 1. The molecule has 0 fully saturated rings. The Morgan fingerprint density at radius 1 is 1.25 bits per heavy atom. The standard InChI is InChI=1S/C16H19FN2O/c1-2-20-16-4-3-14(17)10-15(16)13(11-18)9-12-5-7-19-8-6-12/h3-8,10,13H,2,9,11,18H2,1H3. The Balaban J connectivity index is 2.28. The first kappa shape index (κ1) is 14.5. The van der Waals surface area contributed by atoms with Crippen LogP contribution in [0.5, 0.6) is 5.75 Å². The minimum atomic E-state index is -0.267. The second-order valence-corrected chi connectivity index (χ2v) is 4.61. The topological polar surface area (TPSA) is 48.1 Å². The predicted octanol–water partition coefficient (Wildman–Crippen LogP) is 2.90. The summed E-state index contributed by atoms with van der Waals surface area (Å²) in [5.74, 6) is 0.463. The van der Waals surface area contributed by atoms with Crippen LogP contribution in [-0.2, 0) is 6.42 Å². The van der Waals surface area contributed by atoms with Crippen molar-refractivity contribution in [1.29, 1.82) is 0 Å². The van der Waals surface area contributed by atoms with Gasteiger partial charge in [0.1, 0.15) is 11.6 Å². The minimum Gasteiger partial charge on any atom is -0.494 e. The Kier molecular flexibility index (Phi) is 5.07. The van der Waals surface area contributed by atoms with Crippen LogP contribution in [0.2, 0.25) is 0 Å². The van der Waals surface area contributed by atoms with E-state index in [1.54, 1.807) is 18.5 Å². The summed E-state index contributed by atoms with van der Waals surface area (Å²) in [6, 6.07) is 8.49. The molecule has 2 rings (SSSR count). The summed E-state index contributed by atoms with van der Waals surface area (Å²) in [6.45, 7) is 2.89. The fraction of sp³-hybridized carbons (Fsp3) is 0.312. The number of pyridine rings is 1. The third-order valence-corrected chi connectivity index (χ3v) is 3.23. The molecule has 1 aromatic carbocycles. The van der Waals surface area contributed by atoms with Crippen molar-refractivity contribution in [2.75, 3.05) is 13.2 Å². The van der Waals surface area contributed by atoms with Crippen LogP contribution in [0.1, 0.15) is 24.0 Å². The zero-order valence-electron chi connectivity index (χ0n) is 11.6. The third-order valence-electron chi connectivity index (χ3n) is 3.23. The molecule has 0 saturated heterocycles. The first-order valence-corrected chi connectivity index (χ1v) is 6.75. The van der Waals surface area contributed by atoms with E-state index in [0.717, 1.165) is 17.5 Å². The van der Waals surface area contributed by atoms with Gasteiger partial charge in [-0.1, -0.05) is 0 Å². The molecule has 0 spiro atoms. The predicted molar refractivity (Wildman–Crippen MR) is 77.3 cm³/mol. The molecule has 0 radical (unpaired) electrons. The molecule has 2 aromatic rings. The molecule has 0 saturated carbocycles. The van der Waals surface area contributed by atoms with E-state index >= 15 is 0 Å². The molecule has 1 aromatic heterocycles. The first-order valence-electron chi connectivity index (χ1n) is 6.75. The fourth-order valence-corrected chi connectivity index (χ4v) is 2.25. The van der Waals surface area contributed by atoms with Crippen molar-refractivity contribution < 1.29 is 9.13 Å². The van der Waals surface area contributed by atoms with E-state index < -0.39 is 0 Å². The quantitative estimate of drug-likeness (QED) is 0.881. The van der Waals surface area contributed by atoms with Crippen LogP contribution >= 0.6 is 0 Å². The van der Waals surface area contributed by atoms with E-state index in [0.29, 0.717) is 18.9 Å². The number of rotatable bonds is 6. The highest BCUT2D eigenvalue weighted by atomic mass is 19.1. The van der Waals surface area contributed by atoms with Gasteiger partial charge in [-0.05, 0) is 55.8 Å². The molecule has 1 heterocycles. The Morgan fingerprint density at radius 2 is 2.00 bits per heavy atom. The van der Waals surface area contributed by atoms with Gasteiger partial charge in [-0.2, -0.15) is 0 Å². The number of hydrogen-bond acceptors (Lipinski definition) is 3. The Hall–Kier alpha value is -1.94. The van der Waals surface area contributed by atoms with E-state index in [4.69, 9.17) is 10.5 Å². The average molecular weight is 274 g/mol. The maximum absolute atomic E-state index is 13.5. The maximum Gasteiger partial charge on any atom is 0.123 e. The highest BCUT2D eigenvalue weighted by Gasteiger charge is 2.16. The maximum atomic E-state index is 13.5. The van der Waals surface area contributed by atoms with E-state index in [2.05, 4.69) is 4.98 Å². The zero-order valence-corrected chi connectivity index (χ0v) is 11.6. The molecule has 4 heteroatoms. The molecule has 3 nitrogen and oxygen atoms in total. The minimum absolute atomic E-state index is 0.0228. The van der Waals surface area contributed by atoms with Gasteiger partial charge in [0, 0.05) is 23.9 Å². The van der Waals surface area contributed by atoms with Gasteiger partial charge < -0.3 is 10.5 Å². The second-order valence-electron chi connectivity index (χ2n) is 4.61. The van der Waals surface area contributed by atoms with Gasteiger partial charge in [-0.3, -0.25) is 4.98 Å². The molecular formula is C16H19FN2O. The Bertz CT molecular complexity index is 545. The van der Waals surface area contributed by atoms with E-state index in [-0.39, 0.29) is 11.7 Å². The lowest BCUT2D eigenvalue weighted by molar-refractivity contribution is 0.333. The number of nitrogens with zero attached hydrogens (tertiary/aromatic N) is 1. The molecule has 0 bridgehead atoms. The summed E-state index contributed by atoms with van der Waals surface area (Å²) in [4.78, 5) is 4.00.